The number of hydrogen-bond donors (Lipinski definition) is 3. The van der Waals surface area contributed by atoms with E-state index in [-0.39, 0.29) is 30.6 Å². The second-order valence-corrected chi connectivity index (χ2v) is 13.5. The van der Waals surface area contributed by atoms with Gasteiger partial charge in [-0.2, -0.15) is 0 Å². The third kappa shape index (κ3) is 4.88. The molecule has 0 unspecified atom stereocenters. The molecular weight excluding hydrogens is 588 g/mol. The first kappa shape index (κ1) is 33.1. The Morgan fingerprint density at radius 1 is 0.933 bits per heavy atom. The lowest BCUT2D eigenvalue weighted by Crippen LogP contribution is -2.79. The van der Waals surface area contributed by atoms with Gasteiger partial charge in [0.2, 0.25) is 0 Å². The highest BCUT2D eigenvalue weighted by atomic mass is 16.6. The maximum absolute atomic E-state index is 13.8. The van der Waals surface area contributed by atoms with Gasteiger partial charge in [-0.15, -0.1) is 0 Å². The largest absolute Gasteiger partial charge is 0.462 e. The fraction of sp³-hybridized carbons (Fsp3) is 0.636. The van der Waals surface area contributed by atoms with Gasteiger partial charge in [-0.3, -0.25) is 14.4 Å². The summed E-state index contributed by atoms with van der Waals surface area (Å²) in [7, 11) is 0. The number of fused-ring (bicyclic) bond motifs is 4. The van der Waals surface area contributed by atoms with Crippen molar-refractivity contribution in [2.45, 2.75) is 109 Å². The Bertz CT molecular complexity index is 1410. The van der Waals surface area contributed by atoms with Crippen LogP contribution in [0.3, 0.4) is 0 Å². The Morgan fingerprint density at radius 2 is 1.56 bits per heavy atom. The Kier molecular flexibility index (Phi) is 8.21. The van der Waals surface area contributed by atoms with E-state index in [2.05, 4.69) is 0 Å². The molecule has 0 aromatic heterocycles. The zero-order chi connectivity index (χ0) is 33.3. The van der Waals surface area contributed by atoms with Crippen molar-refractivity contribution in [1.82, 2.24) is 0 Å². The summed E-state index contributed by atoms with van der Waals surface area (Å²) in [5.41, 5.74) is -6.00. The predicted octanol–water partition coefficient (Wildman–Crippen LogP) is 2.02. The van der Waals surface area contributed by atoms with Crippen LogP contribution in [0.5, 0.6) is 0 Å². The molecule has 45 heavy (non-hydrogen) atoms. The molecular formula is C33H42O12. The monoisotopic (exact) mass is 630 g/mol. The van der Waals surface area contributed by atoms with E-state index in [1.807, 2.05) is 0 Å². The smallest absolute Gasteiger partial charge is 0.338 e. The fourth-order valence-electron chi connectivity index (χ4n) is 8.71. The first-order chi connectivity index (χ1) is 20.9. The van der Waals surface area contributed by atoms with E-state index in [0.29, 0.717) is 5.57 Å². The van der Waals surface area contributed by atoms with Crippen LogP contribution in [0, 0.1) is 16.7 Å². The molecule has 3 aliphatic carbocycles. The van der Waals surface area contributed by atoms with Crippen molar-refractivity contribution >= 4 is 23.9 Å². The van der Waals surface area contributed by atoms with E-state index >= 15 is 0 Å². The SMILES string of the molecule is CC(=O)O[C@H]1C[C@@H]2OC[C@]2(OC(C)=O)[C@H]2[C@@H](OC(C)=O)[C@]3(C(C)(C)O)C[C@@H](O)C(C)=C3[C@H](O)[C@H](OC(=O)c3ccccc3)[C@]12C. The van der Waals surface area contributed by atoms with E-state index in [4.69, 9.17) is 23.7 Å². The molecule has 1 aromatic rings. The van der Waals surface area contributed by atoms with Gasteiger partial charge >= 0.3 is 23.9 Å². The second-order valence-electron chi connectivity index (χ2n) is 13.5. The number of carbonyl (C=O) groups excluding carboxylic acids is 4. The second kappa shape index (κ2) is 11.2. The molecule has 5 rings (SSSR count). The number of ether oxygens (including phenoxy) is 5. The lowest BCUT2D eigenvalue weighted by atomic mass is 9.49. The van der Waals surface area contributed by atoms with Crippen LogP contribution in [0.2, 0.25) is 0 Å². The van der Waals surface area contributed by atoms with Crippen LogP contribution in [0.15, 0.2) is 41.5 Å². The molecule has 4 aliphatic rings. The molecule has 0 spiro atoms. The highest BCUT2D eigenvalue weighted by Crippen LogP contribution is 2.68. The average Bonchev–Trinajstić information content (AvgIpc) is 3.18. The number of aliphatic hydroxyl groups excluding tert-OH is 2. The highest BCUT2D eigenvalue weighted by Gasteiger charge is 2.80. The minimum absolute atomic E-state index is 0.00503. The molecule has 0 radical (unpaired) electrons. The van der Waals surface area contributed by atoms with Gasteiger partial charge in [0.05, 0.1) is 40.6 Å². The van der Waals surface area contributed by atoms with E-state index in [0.717, 1.165) is 0 Å². The number of aliphatic hydroxyl groups is 3. The van der Waals surface area contributed by atoms with Gasteiger partial charge < -0.3 is 39.0 Å². The Morgan fingerprint density at radius 3 is 2.07 bits per heavy atom. The molecule has 10 atom stereocenters. The first-order valence-electron chi connectivity index (χ1n) is 15.1. The molecule has 0 amide bonds. The van der Waals surface area contributed by atoms with Crippen molar-refractivity contribution in [3.63, 3.8) is 0 Å². The molecule has 0 bridgehead atoms. The van der Waals surface area contributed by atoms with Crippen LogP contribution < -0.4 is 0 Å². The van der Waals surface area contributed by atoms with Gasteiger partial charge in [-0.1, -0.05) is 25.1 Å². The quantitative estimate of drug-likeness (QED) is 0.237. The first-order valence-corrected chi connectivity index (χ1v) is 15.1. The molecule has 1 aromatic carbocycles. The summed E-state index contributed by atoms with van der Waals surface area (Å²) in [5, 5.41) is 35.9. The molecule has 246 valence electrons. The molecule has 3 fully saturated rings. The van der Waals surface area contributed by atoms with Crippen LogP contribution in [0.1, 0.15) is 71.7 Å². The summed E-state index contributed by atoms with van der Waals surface area (Å²) in [6.07, 6.45) is -7.94. The number of carbonyl (C=O) groups is 4. The number of esters is 4. The standard InChI is InChI=1S/C33H42O12/c1-16-21(37)14-32(30(5,6)40)24(16)25(38)27(44-29(39)20-11-9-8-10-12-20)31(7)22(42-17(2)34)13-23-33(15-41-23,45-19(4)36)26(31)28(32)43-18(3)35/h8-12,21-23,25-28,37-38,40H,13-15H2,1-7H3/t21-,22+,23+,25+,26+,27+,28-,31-,32+,33-/m1/s1. The molecule has 12 heteroatoms. The van der Waals surface area contributed by atoms with Crippen molar-refractivity contribution in [2.24, 2.45) is 16.7 Å². The predicted molar refractivity (Wildman–Crippen MR) is 155 cm³/mol. The van der Waals surface area contributed by atoms with Gasteiger partial charge in [-0.05, 0) is 50.5 Å². The molecule has 1 aliphatic heterocycles. The molecule has 12 nitrogen and oxygen atoms in total. The summed E-state index contributed by atoms with van der Waals surface area (Å²) in [5.74, 6) is -4.08. The molecule has 1 saturated heterocycles. The summed E-state index contributed by atoms with van der Waals surface area (Å²) in [6, 6.07) is 8.10. The number of benzene rings is 1. The topological polar surface area (TPSA) is 175 Å². The third-order valence-electron chi connectivity index (χ3n) is 10.5. The van der Waals surface area contributed by atoms with Gasteiger partial charge in [-0.25, -0.2) is 4.79 Å². The minimum atomic E-state index is -1.78. The van der Waals surface area contributed by atoms with E-state index in [1.165, 1.54) is 34.6 Å². The summed E-state index contributed by atoms with van der Waals surface area (Å²) in [4.78, 5) is 52.1. The minimum Gasteiger partial charge on any atom is -0.462 e. The average molecular weight is 631 g/mol. The van der Waals surface area contributed by atoms with E-state index in [9.17, 15) is 34.5 Å². The number of rotatable bonds is 6. The van der Waals surface area contributed by atoms with Crippen molar-refractivity contribution in [3.8, 4) is 0 Å². The summed E-state index contributed by atoms with van der Waals surface area (Å²) < 4.78 is 30.3. The Labute approximate surface area is 261 Å². The summed E-state index contributed by atoms with van der Waals surface area (Å²) in [6.45, 7) is 9.66. The normalized spacial score (nSPS) is 38.8. The third-order valence-corrected chi connectivity index (χ3v) is 10.5. The Balaban J connectivity index is 1.88. The van der Waals surface area contributed by atoms with Crippen LogP contribution in [0.4, 0.5) is 0 Å². The van der Waals surface area contributed by atoms with Crippen molar-refractivity contribution < 1.29 is 58.2 Å². The van der Waals surface area contributed by atoms with Gasteiger partial charge in [0, 0.05) is 27.2 Å². The molecule has 2 saturated carbocycles. The van der Waals surface area contributed by atoms with Gasteiger partial charge in [0.15, 0.2) is 5.60 Å². The zero-order valence-electron chi connectivity index (χ0n) is 26.6. The van der Waals surface area contributed by atoms with Gasteiger partial charge in [0.1, 0.15) is 30.5 Å². The van der Waals surface area contributed by atoms with Gasteiger partial charge in [0.25, 0.3) is 0 Å². The summed E-state index contributed by atoms with van der Waals surface area (Å²) >= 11 is 0. The number of hydrogen-bond acceptors (Lipinski definition) is 12. The molecule has 1 heterocycles. The highest BCUT2D eigenvalue weighted by molar-refractivity contribution is 5.89. The maximum atomic E-state index is 13.8. The van der Waals surface area contributed by atoms with Crippen molar-refractivity contribution in [2.75, 3.05) is 6.61 Å². The van der Waals surface area contributed by atoms with Crippen LogP contribution >= 0.6 is 0 Å². The van der Waals surface area contributed by atoms with Crippen LogP contribution in [0.25, 0.3) is 0 Å². The van der Waals surface area contributed by atoms with Crippen molar-refractivity contribution in [1.29, 1.82) is 0 Å². The molecule has 3 N–H and O–H groups in total. The van der Waals surface area contributed by atoms with E-state index < -0.39 is 88.5 Å². The maximum Gasteiger partial charge on any atom is 0.338 e. The van der Waals surface area contributed by atoms with Crippen molar-refractivity contribution in [3.05, 3.63) is 47.0 Å². The lowest BCUT2D eigenvalue weighted by Gasteiger charge is -2.65. The lowest BCUT2D eigenvalue weighted by molar-refractivity contribution is -0.352. The van der Waals surface area contributed by atoms with E-state index in [1.54, 1.807) is 44.2 Å². The zero-order valence-corrected chi connectivity index (χ0v) is 26.6. The van der Waals surface area contributed by atoms with Crippen LogP contribution in [-0.4, -0.2) is 93.6 Å². The van der Waals surface area contributed by atoms with Crippen LogP contribution in [-0.2, 0) is 38.1 Å². The fourth-order valence-corrected chi connectivity index (χ4v) is 8.71. The Hall–Kier alpha value is -3.32.